The molecule has 1 aromatic carbocycles. The summed E-state index contributed by atoms with van der Waals surface area (Å²) < 4.78 is 0. The number of anilines is 1. The zero-order chi connectivity index (χ0) is 24.2. The molecule has 0 unspecified atom stereocenters. The molecule has 7 nitrogen and oxygen atoms in total. The first-order valence-corrected chi connectivity index (χ1v) is 11.6. The van der Waals surface area contributed by atoms with E-state index in [1.807, 2.05) is 33.8 Å². The normalized spacial score (nSPS) is 20.1. The maximum atomic E-state index is 13.6. The number of carbonyl (C=O) groups excluding carboxylic acids is 1. The maximum absolute atomic E-state index is 13.6. The molecule has 2 aliphatic rings. The summed E-state index contributed by atoms with van der Waals surface area (Å²) in [5, 5.41) is 21.8. The van der Waals surface area contributed by atoms with Gasteiger partial charge in [-0.3, -0.25) is 19.8 Å². The van der Waals surface area contributed by atoms with E-state index < -0.39 is 10.8 Å². The summed E-state index contributed by atoms with van der Waals surface area (Å²) >= 11 is 8.09. The number of benzene rings is 1. The summed E-state index contributed by atoms with van der Waals surface area (Å²) in [7, 11) is 0. The Balaban J connectivity index is 2.05. The highest BCUT2D eigenvalue weighted by molar-refractivity contribution is 7.12. The van der Waals surface area contributed by atoms with Crippen LogP contribution >= 0.6 is 22.9 Å². The Hall–Kier alpha value is -3.15. The molecule has 0 amide bonds. The van der Waals surface area contributed by atoms with Crippen molar-refractivity contribution in [1.82, 2.24) is 0 Å². The van der Waals surface area contributed by atoms with Crippen LogP contribution in [-0.2, 0) is 4.79 Å². The Bertz CT molecular complexity index is 1320. The first kappa shape index (κ1) is 23.0. The maximum Gasteiger partial charge on any atom is 0.271 e. The molecule has 9 heteroatoms. The van der Waals surface area contributed by atoms with E-state index in [9.17, 15) is 20.2 Å². The lowest BCUT2D eigenvalue weighted by Gasteiger charge is -2.43. The lowest BCUT2D eigenvalue weighted by Crippen LogP contribution is -2.42. The third kappa shape index (κ3) is 3.81. The van der Waals surface area contributed by atoms with E-state index in [4.69, 9.17) is 17.3 Å². The van der Waals surface area contributed by atoms with Gasteiger partial charge in [0.05, 0.1) is 33.2 Å². The van der Waals surface area contributed by atoms with Crippen molar-refractivity contribution >= 4 is 40.1 Å². The first-order valence-electron chi connectivity index (χ1n) is 10.4. The zero-order valence-electron chi connectivity index (χ0n) is 18.7. The van der Waals surface area contributed by atoms with Crippen LogP contribution in [0.15, 0.2) is 46.9 Å². The summed E-state index contributed by atoms with van der Waals surface area (Å²) in [5.41, 5.74) is 8.67. The van der Waals surface area contributed by atoms with Gasteiger partial charge in [-0.25, -0.2) is 0 Å². The number of nitro benzene ring substituents is 1. The lowest BCUT2D eigenvalue weighted by atomic mass is 9.68. The van der Waals surface area contributed by atoms with E-state index >= 15 is 0 Å². The van der Waals surface area contributed by atoms with Crippen molar-refractivity contribution in [3.05, 3.63) is 77.4 Å². The molecule has 1 atom stereocenters. The van der Waals surface area contributed by atoms with Gasteiger partial charge in [-0.15, -0.1) is 11.3 Å². The van der Waals surface area contributed by atoms with Crippen LogP contribution in [0.5, 0.6) is 0 Å². The topological polar surface area (TPSA) is 113 Å². The van der Waals surface area contributed by atoms with E-state index in [0.717, 1.165) is 15.3 Å². The minimum atomic E-state index is -0.577. The second kappa shape index (κ2) is 8.01. The number of hydrogen-bond acceptors (Lipinski definition) is 7. The molecule has 0 spiro atoms. The predicted octanol–water partition coefficient (Wildman–Crippen LogP) is 5.87. The van der Waals surface area contributed by atoms with E-state index in [-0.39, 0.29) is 39.0 Å². The fraction of sp³-hybridized carbons (Fsp3) is 0.333. The summed E-state index contributed by atoms with van der Waals surface area (Å²) in [6.07, 6.45) is 0.838. The van der Waals surface area contributed by atoms with Crippen molar-refractivity contribution < 1.29 is 9.72 Å². The molecule has 2 heterocycles. The van der Waals surface area contributed by atoms with Crippen molar-refractivity contribution in [2.75, 3.05) is 4.90 Å². The van der Waals surface area contributed by atoms with Crippen LogP contribution in [0.2, 0.25) is 5.02 Å². The fourth-order valence-corrected chi connectivity index (χ4v) is 5.98. The second-order valence-electron chi connectivity index (χ2n) is 9.24. The molecule has 170 valence electrons. The van der Waals surface area contributed by atoms with E-state index in [2.05, 4.69) is 6.07 Å². The minimum absolute atomic E-state index is 0.0543. The van der Waals surface area contributed by atoms with Crippen LogP contribution in [0.25, 0.3) is 0 Å². The molecule has 4 rings (SSSR count). The summed E-state index contributed by atoms with van der Waals surface area (Å²) in [6, 6.07) is 8.31. The lowest BCUT2D eigenvalue weighted by molar-refractivity contribution is -0.384. The monoisotopic (exact) mass is 482 g/mol. The number of non-ortho nitro benzene ring substituents is 1. The Morgan fingerprint density at radius 2 is 2.00 bits per heavy atom. The third-order valence-electron chi connectivity index (χ3n) is 6.15. The highest BCUT2D eigenvalue weighted by atomic mass is 35.5. The molecule has 0 fully saturated rings. The van der Waals surface area contributed by atoms with Gasteiger partial charge in [0.15, 0.2) is 5.78 Å². The number of rotatable bonds is 3. The average molecular weight is 483 g/mol. The van der Waals surface area contributed by atoms with Crippen LogP contribution in [0.4, 0.5) is 11.4 Å². The number of carbonyl (C=O) groups is 1. The number of aryl methyl sites for hydroxylation is 2. The molecule has 33 heavy (non-hydrogen) atoms. The number of allylic oxidation sites excluding steroid dienone is 3. The Kier molecular flexibility index (Phi) is 5.59. The van der Waals surface area contributed by atoms with Gasteiger partial charge in [-0.2, -0.15) is 5.26 Å². The Labute approximate surface area is 200 Å². The number of nitrogens with zero attached hydrogens (tertiary/aromatic N) is 3. The van der Waals surface area contributed by atoms with Crippen molar-refractivity contribution in [3.8, 4) is 6.07 Å². The molecule has 1 aliphatic heterocycles. The van der Waals surface area contributed by atoms with Crippen LogP contribution in [0.1, 0.15) is 47.9 Å². The minimum Gasteiger partial charge on any atom is -0.384 e. The molecule has 2 aromatic rings. The molecule has 0 saturated heterocycles. The molecule has 2 N–H and O–H groups in total. The second-order valence-corrected chi connectivity index (χ2v) is 11.1. The molecule has 0 saturated carbocycles. The first-order chi connectivity index (χ1) is 15.4. The van der Waals surface area contributed by atoms with Crippen LogP contribution in [0, 0.1) is 40.7 Å². The molecular weight excluding hydrogens is 460 g/mol. The van der Waals surface area contributed by atoms with Gasteiger partial charge >= 0.3 is 0 Å². The number of Topliss-reactive ketones (excluding diaryl/α,β-unsaturated/α-hetero) is 1. The zero-order valence-corrected chi connectivity index (χ0v) is 20.3. The van der Waals surface area contributed by atoms with Crippen molar-refractivity contribution in [2.45, 2.75) is 46.5 Å². The van der Waals surface area contributed by atoms with Crippen molar-refractivity contribution in [2.24, 2.45) is 11.1 Å². The van der Waals surface area contributed by atoms with Crippen molar-refractivity contribution in [3.63, 3.8) is 0 Å². The Morgan fingerprint density at radius 3 is 2.58 bits per heavy atom. The molecule has 1 aromatic heterocycles. The van der Waals surface area contributed by atoms with Gasteiger partial charge in [0.1, 0.15) is 5.82 Å². The third-order valence-corrected chi connectivity index (χ3v) is 7.45. The summed E-state index contributed by atoms with van der Waals surface area (Å²) in [5.74, 6) is -0.494. The van der Waals surface area contributed by atoms with Crippen LogP contribution in [0.3, 0.4) is 0 Å². The van der Waals surface area contributed by atoms with Gasteiger partial charge in [0.25, 0.3) is 5.69 Å². The number of nitrogens with two attached hydrogens (primary N) is 1. The van der Waals surface area contributed by atoms with Crippen LogP contribution < -0.4 is 10.6 Å². The SMILES string of the molecule is Cc1cc([C@@H]2C(C#N)=C(N)N(c3cc([N+](=O)[O-])ccc3Cl)C3=C2C(=O)CC(C)(C)C3)c(C)s1. The van der Waals surface area contributed by atoms with E-state index in [1.165, 1.54) is 18.2 Å². The van der Waals surface area contributed by atoms with Crippen LogP contribution in [-0.4, -0.2) is 10.7 Å². The highest BCUT2D eigenvalue weighted by Crippen LogP contribution is 2.52. The molecule has 1 aliphatic carbocycles. The predicted molar refractivity (Wildman–Crippen MR) is 129 cm³/mol. The number of hydrogen-bond donors (Lipinski definition) is 1. The standard InChI is InChI=1S/C24H23ClN4O3S/c1-12-7-15(13(2)33-12)21-16(11-26)23(27)28(18-8-14(29(31)32)5-6-17(18)25)19-9-24(3,4)10-20(30)22(19)21/h5-8,21H,9-10,27H2,1-4H3/t21-/m1/s1. The van der Waals surface area contributed by atoms with Gasteiger partial charge in [-0.1, -0.05) is 25.4 Å². The van der Waals surface area contributed by atoms with E-state index in [0.29, 0.717) is 24.1 Å². The fourth-order valence-electron chi connectivity index (χ4n) is 4.82. The average Bonchev–Trinajstić information content (AvgIpc) is 3.04. The number of thiophene rings is 1. The molecule has 0 radical (unpaired) electrons. The van der Waals surface area contributed by atoms with Crippen molar-refractivity contribution in [1.29, 1.82) is 5.26 Å². The largest absolute Gasteiger partial charge is 0.384 e. The number of nitriles is 1. The number of ketones is 1. The number of halogens is 1. The van der Waals surface area contributed by atoms with Gasteiger partial charge < -0.3 is 5.73 Å². The Morgan fingerprint density at radius 1 is 1.30 bits per heavy atom. The quantitative estimate of drug-likeness (QED) is 0.432. The smallest absolute Gasteiger partial charge is 0.271 e. The summed E-state index contributed by atoms with van der Waals surface area (Å²) in [6.45, 7) is 7.95. The number of nitro groups is 1. The van der Waals surface area contributed by atoms with Gasteiger partial charge in [-0.05, 0) is 43.4 Å². The van der Waals surface area contributed by atoms with Gasteiger partial charge in [0, 0.05) is 39.6 Å². The molecular formula is C24H23ClN4O3S. The van der Waals surface area contributed by atoms with Gasteiger partial charge in [0.2, 0.25) is 0 Å². The molecule has 0 bridgehead atoms. The highest BCUT2D eigenvalue weighted by Gasteiger charge is 2.45. The van der Waals surface area contributed by atoms with E-state index in [1.54, 1.807) is 16.2 Å². The summed E-state index contributed by atoms with van der Waals surface area (Å²) in [4.78, 5) is 28.2.